The van der Waals surface area contributed by atoms with Crippen molar-refractivity contribution in [3.63, 3.8) is 0 Å². The van der Waals surface area contributed by atoms with Crippen LogP contribution in [0.1, 0.15) is 46.6 Å². The number of nitrogens with one attached hydrogen (secondary N) is 1. The SMILES string of the molecule is CC(C)(C)NCC(O)COc1ccc(CCC(C)(C)C(=O)O)cc1. The van der Waals surface area contributed by atoms with E-state index in [-0.39, 0.29) is 12.1 Å². The van der Waals surface area contributed by atoms with Gasteiger partial charge >= 0.3 is 5.97 Å². The summed E-state index contributed by atoms with van der Waals surface area (Å²) < 4.78 is 5.59. The Balaban J connectivity index is 2.41. The van der Waals surface area contributed by atoms with Crippen LogP contribution in [0.15, 0.2) is 24.3 Å². The highest BCUT2D eigenvalue weighted by Crippen LogP contribution is 2.24. The van der Waals surface area contributed by atoms with Crippen LogP contribution in [0.4, 0.5) is 0 Å². The lowest BCUT2D eigenvalue weighted by Crippen LogP contribution is -2.42. The van der Waals surface area contributed by atoms with E-state index in [2.05, 4.69) is 5.32 Å². The van der Waals surface area contributed by atoms with Gasteiger partial charge in [0, 0.05) is 12.1 Å². The van der Waals surface area contributed by atoms with Gasteiger partial charge in [-0.15, -0.1) is 0 Å². The van der Waals surface area contributed by atoms with Crippen LogP contribution in [-0.2, 0) is 11.2 Å². The van der Waals surface area contributed by atoms with Crippen molar-refractivity contribution in [3.05, 3.63) is 29.8 Å². The standard InChI is InChI=1S/C19H31NO4/c1-18(2,3)20-12-15(21)13-24-16-8-6-14(7-9-16)10-11-19(4,5)17(22)23/h6-9,15,20-21H,10-13H2,1-5H3,(H,22,23). The second kappa shape index (κ2) is 8.49. The molecule has 0 amide bonds. The molecule has 1 rings (SSSR count). The molecule has 24 heavy (non-hydrogen) atoms. The van der Waals surface area contributed by atoms with Crippen molar-refractivity contribution >= 4 is 5.97 Å². The number of β-amino-alcohol motifs (C(OH)–C–C–N with tert-alkyl or cyclic N) is 1. The van der Waals surface area contributed by atoms with Gasteiger partial charge in [0.1, 0.15) is 18.5 Å². The molecule has 5 heteroatoms. The first-order valence-electron chi connectivity index (χ1n) is 8.38. The topological polar surface area (TPSA) is 78.8 Å². The van der Waals surface area contributed by atoms with Gasteiger partial charge in [0.05, 0.1) is 5.41 Å². The van der Waals surface area contributed by atoms with Gasteiger partial charge in [0.2, 0.25) is 0 Å². The average Bonchev–Trinajstić information content (AvgIpc) is 2.49. The number of aliphatic hydroxyl groups excluding tert-OH is 1. The Kier molecular flexibility index (Phi) is 7.24. The van der Waals surface area contributed by atoms with Crippen molar-refractivity contribution in [1.82, 2.24) is 5.32 Å². The number of carboxylic acid groups (broad SMARTS) is 1. The average molecular weight is 337 g/mol. The Hall–Kier alpha value is -1.59. The Labute approximate surface area is 145 Å². The molecule has 0 aliphatic rings. The largest absolute Gasteiger partial charge is 0.491 e. The number of aliphatic hydroxyl groups is 1. The van der Waals surface area contributed by atoms with Crippen LogP contribution in [-0.4, -0.2) is 41.0 Å². The van der Waals surface area contributed by atoms with E-state index in [1.807, 2.05) is 45.0 Å². The Morgan fingerprint density at radius 3 is 2.25 bits per heavy atom. The molecular weight excluding hydrogens is 306 g/mol. The van der Waals surface area contributed by atoms with Crippen LogP contribution in [0.2, 0.25) is 0 Å². The molecule has 5 nitrogen and oxygen atoms in total. The molecule has 1 aromatic carbocycles. The van der Waals surface area contributed by atoms with Gasteiger partial charge in [-0.1, -0.05) is 12.1 Å². The summed E-state index contributed by atoms with van der Waals surface area (Å²) in [7, 11) is 0. The van der Waals surface area contributed by atoms with Crippen molar-refractivity contribution in [2.75, 3.05) is 13.2 Å². The Bertz CT molecular complexity index is 517. The van der Waals surface area contributed by atoms with Crippen molar-refractivity contribution in [2.24, 2.45) is 5.41 Å². The molecule has 1 aromatic rings. The fourth-order valence-corrected chi connectivity index (χ4v) is 1.99. The number of hydrogen-bond acceptors (Lipinski definition) is 4. The summed E-state index contributed by atoms with van der Waals surface area (Å²) in [5, 5.41) is 22.3. The second-order valence-corrected chi connectivity index (χ2v) is 7.93. The summed E-state index contributed by atoms with van der Waals surface area (Å²) in [4.78, 5) is 11.1. The van der Waals surface area contributed by atoms with Gasteiger partial charge in [-0.2, -0.15) is 0 Å². The predicted octanol–water partition coefficient (Wildman–Crippen LogP) is 2.86. The molecule has 1 atom stereocenters. The van der Waals surface area contributed by atoms with E-state index in [1.165, 1.54) is 0 Å². The number of carbonyl (C=O) groups is 1. The van der Waals surface area contributed by atoms with Crippen LogP contribution in [0.3, 0.4) is 0 Å². The number of aliphatic carboxylic acids is 1. The van der Waals surface area contributed by atoms with E-state index in [1.54, 1.807) is 13.8 Å². The third-order valence-corrected chi connectivity index (χ3v) is 3.85. The van der Waals surface area contributed by atoms with E-state index in [4.69, 9.17) is 9.84 Å². The predicted molar refractivity (Wildman–Crippen MR) is 95.4 cm³/mol. The summed E-state index contributed by atoms with van der Waals surface area (Å²) in [6, 6.07) is 7.58. The number of rotatable bonds is 9. The fourth-order valence-electron chi connectivity index (χ4n) is 1.99. The van der Waals surface area contributed by atoms with Gasteiger partial charge in [0.15, 0.2) is 0 Å². The molecular formula is C19H31NO4. The van der Waals surface area contributed by atoms with Gasteiger partial charge in [-0.3, -0.25) is 4.79 Å². The first-order valence-corrected chi connectivity index (χ1v) is 8.38. The maximum atomic E-state index is 11.1. The molecule has 0 aliphatic carbocycles. The minimum Gasteiger partial charge on any atom is -0.491 e. The van der Waals surface area contributed by atoms with Crippen LogP contribution in [0.5, 0.6) is 5.75 Å². The zero-order chi connectivity index (χ0) is 18.4. The highest BCUT2D eigenvalue weighted by molar-refractivity contribution is 5.73. The number of carboxylic acids is 1. The van der Waals surface area contributed by atoms with Crippen molar-refractivity contribution in [3.8, 4) is 5.75 Å². The van der Waals surface area contributed by atoms with Gasteiger partial charge in [0.25, 0.3) is 0 Å². The van der Waals surface area contributed by atoms with E-state index >= 15 is 0 Å². The molecule has 0 spiro atoms. The van der Waals surface area contributed by atoms with E-state index in [0.717, 1.165) is 5.56 Å². The van der Waals surface area contributed by atoms with Crippen LogP contribution < -0.4 is 10.1 Å². The number of ether oxygens (including phenoxy) is 1. The quantitative estimate of drug-likeness (QED) is 0.646. The highest BCUT2D eigenvalue weighted by atomic mass is 16.5. The lowest BCUT2D eigenvalue weighted by Gasteiger charge is -2.23. The van der Waals surface area contributed by atoms with Gasteiger partial charge in [-0.05, 0) is 65.2 Å². The number of benzene rings is 1. The summed E-state index contributed by atoms with van der Waals surface area (Å²) in [6.45, 7) is 10.3. The molecule has 0 saturated carbocycles. The summed E-state index contributed by atoms with van der Waals surface area (Å²) in [5.74, 6) is -0.0774. The van der Waals surface area contributed by atoms with Crippen LogP contribution in [0, 0.1) is 5.41 Å². The number of aryl methyl sites for hydroxylation is 1. The molecule has 0 aromatic heterocycles. The first kappa shape index (κ1) is 20.5. The lowest BCUT2D eigenvalue weighted by molar-refractivity contribution is -0.147. The smallest absolute Gasteiger partial charge is 0.309 e. The zero-order valence-corrected chi connectivity index (χ0v) is 15.4. The molecule has 136 valence electrons. The summed E-state index contributed by atoms with van der Waals surface area (Å²) >= 11 is 0. The highest BCUT2D eigenvalue weighted by Gasteiger charge is 2.26. The van der Waals surface area contributed by atoms with Crippen molar-refractivity contribution in [2.45, 2.75) is 59.1 Å². The zero-order valence-electron chi connectivity index (χ0n) is 15.4. The molecule has 0 fully saturated rings. The van der Waals surface area contributed by atoms with E-state index < -0.39 is 17.5 Å². The van der Waals surface area contributed by atoms with E-state index in [9.17, 15) is 9.90 Å². The molecule has 0 aliphatic heterocycles. The minimum atomic E-state index is -0.777. The summed E-state index contributed by atoms with van der Waals surface area (Å²) in [6.07, 6.45) is 0.720. The van der Waals surface area contributed by atoms with Crippen LogP contribution in [0.25, 0.3) is 0 Å². The third-order valence-electron chi connectivity index (χ3n) is 3.85. The van der Waals surface area contributed by atoms with Crippen molar-refractivity contribution in [1.29, 1.82) is 0 Å². The summed E-state index contributed by atoms with van der Waals surface area (Å²) in [5.41, 5.74) is 0.317. The van der Waals surface area contributed by atoms with E-state index in [0.29, 0.717) is 25.1 Å². The normalized spacial score (nSPS) is 13.6. The molecule has 0 saturated heterocycles. The maximum Gasteiger partial charge on any atom is 0.309 e. The Morgan fingerprint density at radius 2 is 1.75 bits per heavy atom. The molecule has 1 unspecified atom stereocenters. The molecule has 0 heterocycles. The van der Waals surface area contributed by atoms with Crippen molar-refractivity contribution < 1.29 is 19.7 Å². The van der Waals surface area contributed by atoms with Gasteiger partial charge in [-0.25, -0.2) is 0 Å². The first-order chi connectivity index (χ1) is 11.0. The minimum absolute atomic E-state index is 0.0354. The Morgan fingerprint density at radius 1 is 1.17 bits per heavy atom. The van der Waals surface area contributed by atoms with Crippen LogP contribution >= 0.6 is 0 Å². The third kappa shape index (κ3) is 7.79. The monoisotopic (exact) mass is 337 g/mol. The fraction of sp³-hybridized carbons (Fsp3) is 0.632. The molecule has 3 N–H and O–H groups in total. The lowest BCUT2D eigenvalue weighted by atomic mass is 9.86. The second-order valence-electron chi connectivity index (χ2n) is 7.93. The molecule has 0 radical (unpaired) electrons. The molecule has 0 bridgehead atoms. The number of hydrogen-bond donors (Lipinski definition) is 3. The van der Waals surface area contributed by atoms with Gasteiger partial charge < -0.3 is 20.3 Å². The maximum absolute atomic E-state index is 11.1.